The van der Waals surface area contributed by atoms with Gasteiger partial charge in [0.05, 0.1) is 0 Å². The summed E-state index contributed by atoms with van der Waals surface area (Å²) in [4.78, 5) is 18.7. The highest BCUT2D eigenvalue weighted by Gasteiger charge is 2.31. The SMILES string of the molecule is CCCC(=O)N1CCCCC1c1nc(CC(C)NC)no1.Cl. The topological polar surface area (TPSA) is 71.3 Å². The molecule has 2 atom stereocenters. The summed E-state index contributed by atoms with van der Waals surface area (Å²) in [6, 6.07) is 0.267. The van der Waals surface area contributed by atoms with E-state index >= 15 is 0 Å². The molecule has 1 N–H and O–H groups in total. The van der Waals surface area contributed by atoms with Gasteiger partial charge in [-0.25, -0.2) is 0 Å². The Morgan fingerprint density at radius 1 is 1.50 bits per heavy atom. The van der Waals surface area contributed by atoms with E-state index in [9.17, 15) is 4.79 Å². The number of hydrogen-bond acceptors (Lipinski definition) is 5. The highest BCUT2D eigenvalue weighted by atomic mass is 35.5. The Bertz CT molecular complexity index is 466. The van der Waals surface area contributed by atoms with Gasteiger partial charge in [-0.15, -0.1) is 12.4 Å². The van der Waals surface area contributed by atoms with Crippen LogP contribution >= 0.6 is 12.4 Å². The standard InChI is InChI=1S/C15H26N4O2.ClH/c1-4-7-14(20)19-9-6-5-8-12(19)15-17-13(18-21-15)10-11(2)16-3;/h11-12,16H,4-10H2,1-3H3;1H. The molecule has 1 saturated heterocycles. The molecule has 1 aromatic rings. The highest BCUT2D eigenvalue weighted by molar-refractivity contribution is 5.85. The summed E-state index contributed by atoms with van der Waals surface area (Å²) in [5.41, 5.74) is 0. The van der Waals surface area contributed by atoms with Crippen molar-refractivity contribution in [2.24, 2.45) is 0 Å². The highest BCUT2D eigenvalue weighted by Crippen LogP contribution is 2.30. The molecule has 2 unspecified atom stereocenters. The van der Waals surface area contributed by atoms with E-state index in [1.54, 1.807) is 0 Å². The van der Waals surface area contributed by atoms with Crippen LogP contribution in [-0.4, -0.2) is 40.6 Å². The molecule has 1 aliphatic rings. The second-order valence-corrected chi connectivity index (χ2v) is 5.79. The first-order chi connectivity index (χ1) is 10.2. The maximum Gasteiger partial charge on any atom is 0.249 e. The fourth-order valence-electron chi connectivity index (χ4n) is 2.71. The minimum atomic E-state index is -0.0380. The lowest BCUT2D eigenvalue weighted by Crippen LogP contribution is -2.38. The van der Waals surface area contributed by atoms with Crippen LogP contribution in [0, 0.1) is 0 Å². The maximum absolute atomic E-state index is 12.2. The number of carbonyl (C=O) groups is 1. The molecular formula is C15H27ClN4O2. The molecule has 0 radical (unpaired) electrons. The number of likely N-dealkylation sites (N-methyl/N-ethyl adjacent to an activating group) is 1. The molecule has 1 fully saturated rings. The Hall–Kier alpha value is -1.14. The van der Waals surface area contributed by atoms with Crippen molar-refractivity contribution < 1.29 is 9.32 Å². The van der Waals surface area contributed by atoms with Crippen LogP contribution in [0.2, 0.25) is 0 Å². The van der Waals surface area contributed by atoms with E-state index in [0.29, 0.717) is 24.2 Å². The first kappa shape index (κ1) is 18.9. The molecule has 0 spiro atoms. The van der Waals surface area contributed by atoms with Crippen molar-refractivity contribution in [3.05, 3.63) is 11.7 Å². The summed E-state index contributed by atoms with van der Waals surface area (Å²) in [7, 11) is 1.91. The first-order valence-electron chi connectivity index (χ1n) is 7.95. The van der Waals surface area contributed by atoms with E-state index in [-0.39, 0.29) is 24.4 Å². The molecule has 1 aliphatic heterocycles. The smallest absolute Gasteiger partial charge is 0.249 e. The maximum atomic E-state index is 12.2. The Kier molecular flexibility index (Phi) is 7.82. The van der Waals surface area contributed by atoms with Crippen molar-refractivity contribution in [3.63, 3.8) is 0 Å². The van der Waals surface area contributed by atoms with Crippen LogP contribution < -0.4 is 5.32 Å². The number of nitrogens with one attached hydrogen (secondary N) is 1. The Morgan fingerprint density at radius 3 is 2.95 bits per heavy atom. The lowest BCUT2D eigenvalue weighted by atomic mass is 10.0. The zero-order valence-corrected chi connectivity index (χ0v) is 14.5. The van der Waals surface area contributed by atoms with E-state index < -0.39 is 0 Å². The summed E-state index contributed by atoms with van der Waals surface area (Å²) in [5.74, 6) is 1.50. The molecule has 6 nitrogen and oxygen atoms in total. The third-order valence-corrected chi connectivity index (χ3v) is 4.04. The van der Waals surface area contributed by atoms with Crippen LogP contribution in [0.1, 0.15) is 63.7 Å². The fourth-order valence-corrected chi connectivity index (χ4v) is 2.71. The second kappa shape index (κ2) is 9.10. The van der Waals surface area contributed by atoms with Crippen molar-refractivity contribution in [1.29, 1.82) is 0 Å². The summed E-state index contributed by atoms with van der Waals surface area (Å²) < 4.78 is 5.43. The number of amides is 1. The molecule has 1 amide bonds. The van der Waals surface area contributed by atoms with E-state index in [0.717, 1.165) is 38.6 Å². The molecule has 1 aromatic heterocycles. The minimum absolute atomic E-state index is 0. The van der Waals surface area contributed by atoms with Gasteiger partial charge in [-0.2, -0.15) is 4.98 Å². The molecule has 7 heteroatoms. The van der Waals surface area contributed by atoms with Gasteiger partial charge in [-0.05, 0) is 39.7 Å². The number of carbonyl (C=O) groups excluding carboxylic acids is 1. The van der Waals surface area contributed by atoms with E-state index in [2.05, 4.69) is 22.4 Å². The van der Waals surface area contributed by atoms with Gasteiger partial charge < -0.3 is 14.7 Å². The molecule has 0 bridgehead atoms. The summed E-state index contributed by atoms with van der Waals surface area (Å²) in [6.07, 6.45) is 5.27. The molecule has 0 saturated carbocycles. The predicted molar refractivity (Wildman–Crippen MR) is 87.0 cm³/mol. The summed E-state index contributed by atoms with van der Waals surface area (Å²) >= 11 is 0. The van der Waals surface area contributed by atoms with Crippen LogP contribution in [0.3, 0.4) is 0 Å². The van der Waals surface area contributed by atoms with Crippen LogP contribution in [0.5, 0.6) is 0 Å². The largest absolute Gasteiger partial charge is 0.337 e. The number of nitrogens with zero attached hydrogens (tertiary/aromatic N) is 3. The van der Waals surface area contributed by atoms with Gasteiger partial charge in [0.15, 0.2) is 5.82 Å². The minimum Gasteiger partial charge on any atom is -0.337 e. The van der Waals surface area contributed by atoms with Crippen molar-refractivity contribution in [3.8, 4) is 0 Å². The number of likely N-dealkylation sites (tertiary alicyclic amines) is 1. The van der Waals surface area contributed by atoms with Gasteiger partial charge in [-0.1, -0.05) is 12.1 Å². The van der Waals surface area contributed by atoms with Crippen LogP contribution in [0.4, 0.5) is 0 Å². The first-order valence-corrected chi connectivity index (χ1v) is 7.95. The van der Waals surface area contributed by atoms with Gasteiger partial charge in [0.2, 0.25) is 11.8 Å². The normalized spacial score (nSPS) is 19.6. The van der Waals surface area contributed by atoms with Crippen molar-refractivity contribution in [2.75, 3.05) is 13.6 Å². The molecule has 2 rings (SSSR count). The van der Waals surface area contributed by atoms with E-state index in [1.807, 2.05) is 18.9 Å². The number of aromatic nitrogens is 2. The van der Waals surface area contributed by atoms with E-state index in [1.165, 1.54) is 0 Å². The Balaban J connectivity index is 0.00000242. The summed E-state index contributed by atoms with van der Waals surface area (Å²) in [6.45, 7) is 4.91. The predicted octanol–water partition coefficient (Wildman–Crippen LogP) is 2.50. The van der Waals surface area contributed by atoms with Crippen molar-refractivity contribution in [1.82, 2.24) is 20.4 Å². The number of rotatable bonds is 6. The van der Waals surface area contributed by atoms with Crippen LogP contribution in [0.25, 0.3) is 0 Å². The fraction of sp³-hybridized carbons (Fsp3) is 0.800. The molecule has 22 heavy (non-hydrogen) atoms. The average Bonchev–Trinajstić information content (AvgIpc) is 2.95. The number of hydrogen-bond donors (Lipinski definition) is 1. The molecule has 0 aliphatic carbocycles. The van der Waals surface area contributed by atoms with Gasteiger partial charge >= 0.3 is 0 Å². The molecule has 2 heterocycles. The number of piperidine rings is 1. The molecule has 126 valence electrons. The van der Waals surface area contributed by atoms with Crippen molar-refractivity contribution in [2.45, 2.75) is 64.5 Å². The Labute approximate surface area is 138 Å². The zero-order valence-electron chi connectivity index (χ0n) is 13.7. The van der Waals surface area contributed by atoms with Gasteiger partial charge in [0, 0.05) is 25.4 Å². The molecular weight excluding hydrogens is 304 g/mol. The van der Waals surface area contributed by atoms with Gasteiger partial charge in [0.25, 0.3) is 0 Å². The van der Waals surface area contributed by atoms with Gasteiger partial charge in [-0.3, -0.25) is 4.79 Å². The Morgan fingerprint density at radius 2 is 2.27 bits per heavy atom. The van der Waals surface area contributed by atoms with Crippen LogP contribution in [0.15, 0.2) is 4.52 Å². The third-order valence-electron chi connectivity index (χ3n) is 4.04. The van der Waals surface area contributed by atoms with E-state index in [4.69, 9.17) is 4.52 Å². The lowest BCUT2D eigenvalue weighted by molar-refractivity contribution is -0.135. The zero-order chi connectivity index (χ0) is 15.2. The quantitative estimate of drug-likeness (QED) is 0.867. The van der Waals surface area contributed by atoms with Gasteiger partial charge in [0.1, 0.15) is 6.04 Å². The summed E-state index contributed by atoms with van der Waals surface area (Å²) in [5, 5.41) is 7.21. The number of halogens is 1. The second-order valence-electron chi connectivity index (χ2n) is 5.79. The lowest BCUT2D eigenvalue weighted by Gasteiger charge is -2.33. The monoisotopic (exact) mass is 330 g/mol. The van der Waals surface area contributed by atoms with Crippen molar-refractivity contribution >= 4 is 18.3 Å². The van der Waals surface area contributed by atoms with Crippen LogP contribution in [-0.2, 0) is 11.2 Å². The third kappa shape index (κ3) is 4.68. The average molecular weight is 331 g/mol. The molecule has 0 aromatic carbocycles.